The van der Waals surface area contributed by atoms with Crippen LogP contribution in [0.4, 0.5) is 0 Å². The molecule has 1 aliphatic carbocycles. The Balaban J connectivity index is 1.56. The van der Waals surface area contributed by atoms with Crippen LogP contribution >= 0.6 is 0 Å². The number of rotatable bonds is 5. The fourth-order valence-corrected chi connectivity index (χ4v) is 5.03. The summed E-state index contributed by atoms with van der Waals surface area (Å²) in [4.78, 5) is 25.9. The fourth-order valence-electron chi connectivity index (χ4n) is 5.03. The summed E-state index contributed by atoms with van der Waals surface area (Å²) in [7, 11) is 0. The van der Waals surface area contributed by atoms with Gasteiger partial charge in [-0.2, -0.15) is 0 Å². The third-order valence-corrected chi connectivity index (χ3v) is 6.62. The molecule has 5 rings (SSSR count). The third-order valence-electron chi connectivity index (χ3n) is 6.62. The average molecular weight is 454 g/mol. The number of hydrogen-bond acceptors (Lipinski definition) is 5. The Morgan fingerprint density at radius 2 is 1.18 bits per heavy atom. The second-order valence-corrected chi connectivity index (χ2v) is 8.52. The van der Waals surface area contributed by atoms with E-state index in [1.54, 1.807) is 36.4 Å². The number of hydrogen-bond donors (Lipinski definition) is 3. The molecule has 170 valence electrons. The van der Waals surface area contributed by atoms with Crippen LogP contribution in [0.3, 0.4) is 0 Å². The Morgan fingerprint density at radius 3 is 1.74 bits per heavy atom. The number of carbonyl (C=O) groups is 2. The second kappa shape index (κ2) is 8.56. The predicted molar refractivity (Wildman–Crippen MR) is 126 cm³/mol. The van der Waals surface area contributed by atoms with E-state index in [1.807, 2.05) is 30.3 Å². The highest BCUT2D eigenvalue weighted by Crippen LogP contribution is 2.58. The van der Waals surface area contributed by atoms with Gasteiger partial charge in [-0.1, -0.05) is 60.7 Å². The van der Waals surface area contributed by atoms with Crippen molar-refractivity contribution in [1.29, 1.82) is 0 Å². The number of phenolic OH excluding ortho intramolecular Hbond substituents is 2. The SMILES string of the molecule is O=C(O)C1[C@@H](c2ccc(O)cc2)C(C(=O)Oc2cccc3ccccc23)[C@@H]1c1ccc(O)cc1. The lowest BCUT2D eigenvalue weighted by Crippen LogP contribution is -2.52. The summed E-state index contributed by atoms with van der Waals surface area (Å²) < 4.78 is 5.88. The van der Waals surface area contributed by atoms with Gasteiger partial charge in [0.1, 0.15) is 17.2 Å². The van der Waals surface area contributed by atoms with Gasteiger partial charge in [-0.25, -0.2) is 0 Å². The molecule has 4 aromatic rings. The van der Waals surface area contributed by atoms with Crippen molar-refractivity contribution in [2.24, 2.45) is 11.8 Å². The van der Waals surface area contributed by atoms with Crippen molar-refractivity contribution < 1.29 is 29.6 Å². The maximum atomic E-state index is 13.6. The zero-order chi connectivity index (χ0) is 23.8. The van der Waals surface area contributed by atoms with E-state index in [2.05, 4.69) is 0 Å². The normalized spacial score (nSPS) is 21.5. The molecule has 0 radical (unpaired) electrons. The third kappa shape index (κ3) is 3.73. The molecule has 0 aliphatic heterocycles. The van der Waals surface area contributed by atoms with E-state index < -0.39 is 35.6 Å². The van der Waals surface area contributed by atoms with Crippen molar-refractivity contribution >= 4 is 22.7 Å². The van der Waals surface area contributed by atoms with Gasteiger partial charge in [0, 0.05) is 17.2 Å². The van der Waals surface area contributed by atoms with E-state index in [4.69, 9.17) is 4.74 Å². The van der Waals surface area contributed by atoms with E-state index >= 15 is 0 Å². The molecule has 0 amide bonds. The molecule has 3 N–H and O–H groups in total. The molecule has 0 saturated heterocycles. The monoisotopic (exact) mass is 454 g/mol. The molecular formula is C28H22O6. The van der Waals surface area contributed by atoms with Gasteiger partial charge in [0.25, 0.3) is 0 Å². The highest BCUT2D eigenvalue weighted by Gasteiger charge is 2.59. The maximum Gasteiger partial charge on any atom is 0.315 e. The molecule has 4 aromatic carbocycles. The lowest BCUT2D eigenvalue weighted by atomic mass is 9.52. The summed E-state index contributed by atoms with van der Waals surface area (Å²) in [5.74, 6) is -3.95. The van der Waals surface area contributed by atoms with Crippen LogP contribution in [0.15, 0.2) is 91.0 Å². The van der Waals surface area contributed by atoms with E-state index in [0.29, 0.717) is 16.9 Å². The zero-order valence-corrected chi connectivity index (χ0v) is 18.0. The first kappa shape index (κ1) is 21.5. The smallest absolute Gasteiger partial charge is 0.315 e. The molecule has 2 atom stereocenters. The summed E-state index contributed by atoms with van der Waals surface area (Å²) in [5.41, 5.74) is 1.28. The Kier molecular flexibility index (Phi) is 5.42. The van der Waals surface area contributed by atoms with Crippen LogP contribution in [0.5, 0.6) is 17.2 Å². The minimum Gasteiger partial charge on any atom is -0.508 e. The average Bonchev–Trinajstić information content (AvgIpc) is 2.81. The van der Waals surface area contributed by atoms with Gasteiger partial charge in [0.15, 0.2) is 0 Å². The molecule has 6 nitrogen and oxygen atoms in total. The van der Waals surface area contributed by atoms with Crippen LogP contribution in [0.2, 0.25) is 0 Å². The highest BCUT2D eigenvalue weighted by molar-refractivity contribution is 5.92. The number of aliphatic carboxylic acids is 1. The summed E-state index contributed by atoms with van der Waals surface area (Å²) >= 11 is 0. The number of benzene rings is 4. The Bertz CT molecular complexity index is 1300. The summed E-state index contributed by atoms with van der Waals surface area (Å²) in [5, 5.41) is 31.2. The predicted octanol–water partition coefficient (Wildman–Crippen LogP) is 5.05. The highest BCUT2D eigenvalue weighted by atomic mass is 16.5. The molecule has 0 bridgehead atoms. The van der Waals surface area contributed by atoms with E-state index in [1.165, 1.54) is 24.3 Å². The van der Waals surface area contributed by atoms with Crippen LogP contribution in [-0.2, 0) is 9.59 Å². The van der Waals surface area contributed by atoms with Crippen LogP contribution < -0.4 is 4.74 Å². The van der Waals surface area contributed by atoms with Crippen molar-refractivity contribution in [2.45, 2.75) is 11.8 Å². The van der Waals surface area contributed by atoms with Crippen LogP contribution in [0.1, 0.15) is 23.0 Å². The van der Waals surface area contributed by atoms with E-state index in [9.17, 15) is 24.9 Å². The molecular weight excluding hydrogens is 432 g/mol. The number of aromatic hydroxyl groups is 2. The van der Waals surface area contributed by atoms with Gasteiger partial charge in [-0.3, -0.25) is 9.59 Å². The number of carboxylic acids is 1. The van der Waals surface area contributed by atoms with Gasteiger partial charge in [-0.05, 0) is 46.8 Å². The molecule has 6 heteroatoms. The van der Waals surface area contributed by atoms with Crippen LogP contribution in [-0.4, -0.2) is 27.3 Å². The molecule has 0 heterocycles. The number of esters is 1. The number of carbonyl (C=O) groups excluding carboxylic acids is 1. The standard InChI is InChI=1S/C28H22O6/c29-19-12-8-17(9-13-19)23-25(27(31)32)24(18-10-14-20(30)15-11-18)26(23)28(33)34-22-7-3-5-16-4-1-2-6-21(16)22/h1-15,23-26,29-30H,(H,31,32)/t23-,24-,25?,26?/m1/s1. The summed E-state index contributed by atoms with van der Waals surface area (Å²) in [6.45, 7) is 0. The second-order valence-electron chi connectivity index (χ2n) is 8.52. The van der Waals surface area contributed by atoms with Gasteiger partial charge in [0.05, 0.1) is 11.8 Å². The minimum absolute atomic E-state index is 0.0555. The van der Waals surface area contributed by atoms with Crippen molar-refractivity contribution in [3.8, 4) is 17.2 Å². The topological polar surface area (TPSA) is 104 Å². The maximum absolute atomic E-state index is 13.6. The summed E-state index contributed by atoms with van der Waals surface area (Å²) in [6.07, 6.45) is 0. The van der Waals surface area contributed by atoms with E-state index in [-0.39, 0.29) is 11.5 Å². The minimum atomic E-state index is -1.02. The van der Waals surface area contributed by atoms with Crippen molar-refractivity contribution in [1.82, 2.24) is 0 Å². The van der Waals surface area contributed by atoms with Crippen molar-refractivity contribution in [3.63, 3.8) is 0 Å². The van der Waals surface area contributed by atoms with E-state index in [0.717, 1.165) is 10.8 Å². The quantitative estimate of drug-likeness (QED) is 0.288. The van der Waals surface area contributed by atoms with Gasteiger partial charge < -0.3 is 20.1 Å². The number of ether oxygens (including phenoxy) is 1. The molecule has 1 aliphatic rings. The van der Waals surface area contributed by atoms with Gasteiger partial charge in [0.2, 0.25) is 0 Å². The fraction of sp³-hybridized carbons (Fsp3) is 0.143. The number of carboxylic acid groups (broad SMARTS) is 1. The Labute approximate surface area is 195 Å². The first-order chi connectivity index (χ1) is 16.4. The molecule has 0 aromatic heterocycles. The van der Waals surface area contributed by atoms with Gasteiger partial charge in [-0.15, -0.1) is 0 Å². The van der Waals surface area contributed by atoms with Gasteiger partial charge >= 0.3 is 11.9 Å². The lowest BCUT2D eigenvalue weighted by Gasteiger charge is -2.49. The number of fused-ring (bicyclic) bond motifs is 1. The Morgan fingerprint density at radius 1 is 0.647 bits per heavy atom. The summed E-state index contributed by atoms with van der Waals surface area (Å²) in [6, 6.07) is 25.5. The number of phenols is 2. The molecule has 1 fully saturated rings. The molecule has 0 spiro atoms. The van der Waals surface area contributed by atoms with Crippen LogP contribution in [0.25, 0.3) is 10.8 Å². The van der Waals surface area contributed by atoms with Crippen molar-refractivity contribution in [3.05, 3.63) is 102 Å². The largest absolute Gasteiger partial charge is 0.508 e. The lowest BCUT2D eigenvalue weighted by molar-refractivity contribution is -0.158. The first-order valence-electron chi connectivity index (χ1n) is 10.9. The van der Waals surface area contributed by atoms with Crippen LogP contribution in [0, 0.1) is 11.8 Å². The molecule has 1 saturated carbocycles. The zero-order valence-electron chi connectivity index (χ0n) is 18.0. The first-order valence-corrected chi connectivity index (χ1v) is 10.9. The molecule has 34 heavy (non-hydrogen) atoms. The molecule has 0 unspecified atom stereocenters. The van der Waals surface area contributed by atoms with Crippen molar-refractivity contribution in [2.75, 3.05) is 0 Å². The Hall–Kier alpha value is -4.32.